The molecule has 0 aliphatic heterocycles. The standard InChI is InChI=1S/C20H24N2O4/c1-13-6-11-17(26-5)16(12-13)22-19(24)20(2,3)18(23)21-14-7-9-15(25-4)10-8-14/h6-12H,1-5H3,(H,21,23)(H,22,24). The minimum atomic E-state index is -1.28. The number of carbonyl (C=O) groups is 2. The van der Waals surface area contributed by atoms with Gasteiger partial charge in [-0.05, 0) is 62.7 Å². The van der Waals surface area contributed by atoms with Gasteiger partial charge < -0.3 is 20.1 Å². The highest BCUT2D eigenvalue weighted by atomic mass is 16.5. The fourth-order valence-corrected chi connectivity index (χ4v) is 2.26. The molecule has 6 heteroatoms. The number of amides is 2. The molecule has 2 amide bonds. The van der Waals surface area contributed by atoms with E-state index in [1.165, 1.54) is 7.11 Å². The lowest BCUT2D eigenvalue weighted by molar-refractivity contribution is -0.135. The van der Waals surface area contributed by atoms with E-state index in [2.05, 4.69) is 10.6 Å². The maximum atomic E-state index is 12.7. The number of anilines is 2. The van der Waals surface area contributed by atoms with Gasteiger partial charge in [0.1, 0.15) is 16.9 Å². The highest BCUT2D eigenvalue weighted by molar-refractivity contribution is 6.14. The van der Waals surface area contributed by atoms with Gasteiger partial charge in [-0.15, -0.1) is 0 Å². The van der Waals surface area contributed by atoms with Crippen LogP contribution in [0.25, 0.3) is 0 Å². The Morgan fingerprint density at radius 3 is 2.08 bits per heavy atom. The van der Waals surface area contributed by atoms with Gasteiger partial charge >= 0.3 is 0 Å². The number of hydrogen-bond donors (Lipinski definition) is 2. The van der Waals surface area contributed by atoms with Crippen molar-refractivity contribution in [1.82, 2.24) is 0 Å². The van der Waals surface area contributed by atoms with Crippen molar-refractivity contribution in [3.8, 4) is 11.5 Å². The molecule has 0 spiro atoms. The van der Waals surface area contributed by atoms with Crippen LogP contribution in [0.4, 0.5) is 11.4 Å². The molecule has 0 radical (unpaired) electrons. The van der Waals surface area contributed by atoms with Crippen LogP contribution < -0.4 is 20.1 Å². The predicted molar refractivity (Wildman–Crippen MR) is 102 cm³/mol. The summed E-state index contributed by atoms with van der Waals surface area (Å²) in [4.78, 5) is 25.3. The summed E-state index contributed by atoms with van der Waals surface area (Å²) in [5.74, 6) is 0.390. The molecule has 138 valence electrons. The zero-order valence-corrected chi connectivity index (χ0v) is 15.7. The average molecular weight is 356 g/mol. The Bertz CT molecular complexity index is 798. The van der Waals surface area contributed by atoms with E-state index in [0.717, 1.165) is 5.56 Å². The molecule has 0 fully saturated rings. The number of carbonyl (C=O) groups excluding carboxylic acids is 2. The lowest BCUT2D eigenvalue weighted by Gasteiger charge is -2.23. The molecule has 0 atom stereocenters. The van der Waals surface area contributed by atoms with Crippen LogP contribution in [-0.4, -0.2) is 26.0 Å². The number of ether oxygens (including phenoxy) is 2. The molecular weight excluding hydrogens is 332 g/mol. The second-order valence-corrected chi connectivity index (χ2v) is 6.47. The highest BCUT2D eigenvalue weighted by Gasteiger charge is 2.36. The smallest absolute Gasteiger partial charge is 0.239 e. The van der Waals surface area contributed by atoms with Crippen LogP contribution in [0, 0.1) is 12.3 Å². The Morgan fingerprint density at radius 2 is 1.50 bits per heavy atom. The molecule has 0 unspecified atom stereocenters. The van der Waals surface area contributed by atoms with Gasteiger partial charge in [-0.25, -0.2) is 0 Å². The first-order chi connectivity index (χ1) is 12.3. The molecule has 2 aromatic rings. The topological polar surface area (TPSA) is 76.7 Å². The fourth-order valence-electron chi connectivity index (χ4n) is 2.26. The van der Waals surface area contributed by atoms with Gasteiger partial charge in [0.25, 0.3) is 0 Å². The van der Waals surface area contributed by atoms with Crippen molar-refractivity contribution in [2.24, 2.45) is 5.41 Å². The van der Waals surface area contributed by atoms with E-state index >= 15 is 0 Å². The van der Waals surface area contributed by atoms with Crippen LogP contribution in [0.5, 0.6) is 11.5 Å². The third-order valence-electron chi connectivity index (χ3n) is 4.09. The van der Waals surface area contributed by atoms with E-state index in [4.69, 9.17) is 9.47 Å². The Morgan fingerprint density at radius 1 is 0.885 bits per heavy atom. The first-order valence-corrected chi connectivity index (χ1v) is 8.19. The van der Waals surface area contributed by atoms with Gasteiger partial charge in [0.05, 0.1) is 19.9 Å². The molecule has 6 nitrogen and oxygen atoms in total. The van der Waals surface area contributed by atoms with E-state index < -0.39 is 17.2 Å². The molecule has 2 aromatic carbocycles. The number of hydrogen-bond acceptors (Lipinski definition) is 4. The number of rotatable bonds is 6. The van der Waals surface area contributed by atoms with Crippen molar-refractivity contribution in [3.05, 3.63) is 48.0 Å². The van der Waals surface area contributed by atoms with Crippen LogP contribution in [0.15, 0.2) is 42.5 Å². The highest BCUT2D eigenvalue weighted by Crippen LogP contribution is 2.28. The van der Waals surface area contributed by atoms with Gasteiger partial charge in [-0.3, -0.25) is 9.59 Å². The number of nitrogens with one attached hydrogen (secondary N) is 2. The summed E-state index contributed by atoms with van der Waals surface area (Å²) in [7, 11) is 3.10. The van der Waals surface area contributed by atoms with E-state index in [1.54, 1.807) is 57.4 Å². The average Bonchev–Trinajstić information content (AvgIpc) is 2.62. The molecule has 0 saturated carbocycles. The third kappa shape index (κ3) is 4.33. The van der Waals surface area contributed by atoms with Crippen molar-refractivity contribution < 1.29 is 19.1 Å². The van der Waals surface area contributed by atoms with Crippen molar-refractivity contribution in [2.45, 2.75) is 20.8 Å². The summed E-state index contributed by atoms with van der Waals surface area (Å²) in [5, 5.41) is 5.54. The third-order valence-corrected chi connectivity index (χ3v) is 4.09. The van der Waals surface area contributed by atoms with E-state index in [1.807, 2.05) is 13.0 Å². The van der Waals surface area contributed by atoms with Crippen LogP contribution in [0.2, 0.25) is 0 Å². The Balaban J connectivity index is 2.13. The first-order valence-electron chi connectivity index (χ1n) is 8.19. The van der Waals surface area contributed by atoms with Crippen LogP contribution in [-0.2, 0) is 9.59 Å². The Kier molecular flexibility index (Phi) is 5.87. The summed E-state index contributed by atoms with van der Waals surface area (Å²) in [6.07, 6.45) is 0. The summed E-state index contributed by atoms with van der Waals surface area (Å²) >= 11 is 0. The maximum Gasteiger partial charge on any atom is 0.239 e. The SMILES string of the molecule is COc1ccc(NC(=O)C(C)(C)C(=O)Nc2cc(C)ccc2OC)cc1. The summed E-state index contributed by atoms with van der Waals surface area (Å²) in [6.45, 7) is 5.06. The Hall–Kier alpha value is -3.02. The van der Waals surface area contributed by atoms with Gasteiger partial charge in [0.15, 0.2) is 0 Å². The monoisotopic (exact) mass is 356 g/mol. The normalized spacial score (nSPS) is 10.8. The minimum absolute atomic E-state index is 0.410. The first kappa shape index (κ1) is 19.3. The summed E-state index contributed by atoms with van der Waals surface area (Å²) < 4.78 is 10.4. The van der Waals surface area contributed by atoms with E-state index in [9.17, 15) is 9.59 Å². The zero-order valence-electron chi connectivity index (χ0n) is 15.7. The number of benzene rings is 2. The molecule has 26 heavy (non-hydrogen) atoms. The maximum absolute atomic E-state index is 12.7. The number of methoxy groups -OCH3 is 2. The van der Waals surface area contributed by atoms with Gasteiger partial charge in [-0.1, -0.05) is 6.07 Å². The number of aryl methyl sites for hydroxylation is 1. The van der Waals surface area contributed by atoms with Crippen LogP contribution in [0.1, 0.15) is 19.4 Å². The second kappa shape index (κ2) is 7.91. The van der Waals surface area contributed by atoms with Crippen molar-refractivity contribution in [3.63, 3.8) is 0 Å². The molecule has 2 rings (SSSR count). The molecule has 0 bridgehead atoms. The summed E-state index contributed by atoms with van der Waals surface area (Å²) in [6, 6.07) is 12.4. The molecule has 0 aliphatic carbocycles. The van der Waals surface area contributed by atoms with Crippen LogP contribution in [0.3, 0.4) is 0 Å². The second-order valence-electron chi connectivity index (χ2n) is 6.47. The quantitative estimate of drug-likeness (QED) is 0.775. The van der Waals surface area contributed by atoms with Gasteiger partial charge in [0, 0.05) is 5.69 Å². The molecule has 0 saturated heterocycles. The van der Waals surface area contributed by atoms with E-state index in [-0.39, 0.29) is 0 Å². The van der Waals surface area contributed by atoms with Crippen molar-refractivity contribution in [1.29, 1.82) is 0 Å². The molecule has 0 aliphatic rings. The molecule has 2 N–H and O–H groups in total. The largest absolute Gasteiger partial charge is 0.497 e. The lowest BCUT2D eigenvalue weighted by Crippen LogP contribution is -2.41. The fraction of sp³-hybridized carbons (Fsp3) is 0.300. The van der Waals surface area contributed by atoms with Gasteiger partial charge in [0.2, 0.25) is 11.8 Å². The predicted octanol–water partition coefficient (Wildman–Crippen LogP) is 3.62. The van der Waals surface area contributed by atoms with Crippen molar-refractivity contribution >= 4 is 23.2 Å². The summed E-state index contributed by atoms with van der Waals surface area (Å²) in [5.41, 5.74) is 0.809. The zero-order chi connectivity index (χ0) is 19.3. The molecule has 0 heterocycles. The van der Waals surface area contributed by atoms with Gasteiger partial charge in [-0.2, -0.15) is 0 Å². The minimum Gasteiger partial charge on any atom is -0.497 e. The Labute approximate surface area is 153 Å². The molecular formula is C20H24N2O4. The van der Waals surface area contributed by atoms with Crippen molar-refractivity contribution in [2.75, 3.05) is 24.9 Å². The van der Waals surface area contributed by atoms with Crippen LogP contribution >= 0.6 is 0 Å². The lowest BCUT2D eigenvalue weighted by atomic mass is 9.90. The molecule has 0 aromatic heterocycles. The van der Waals surface area contributed by atoms with E-state index in [0.29, 0.717) is 22.9 Å².